The molecule has 0 saturated heterocycles. The number of para-hydroxylation sites is 1. The van der Waals surface area contributed by atoms with Crippen molar-refractivity contribution in [2.24, 2.45) is 0 Å². The highest BCUT2D eigenvalue weighted by atomic mass is 35.5. The number of ether oxygens (including phenoxy) is 1. The molecule has 0 spiro atoms. The maximum absolute atomic E-state index is 12.6. The molecule has 0 saturated carbocycles. The number of carbonyl (C=O) groups is 2. The van der Waals surface area contributed by atoms with E-state index in [-0.39, 0.29) is 29.5 Å². The van der Waals surface area contributed by atoms with E-state index in [9.17, 15) is 14.4 Å². The van der Waals surface area contributed by atoms with Crippen LogP contribution in [-0.2, 0) is 11.3 Å². The zero-order valence-corrected chi connectivity index (χ0v) is 16.9. The number of benzene rings is 2. The Morgan fingerprint density at radius 2 is 2.00 bits per heavy atom. The van der Waals surface area contributed by atoms with E-state index in [1.54, 1.807) is 59.3 Å². The Kier molecular flexibility index (Phi) is 5.60. The van der Waals surface area contributed by atoms with Crippen LogP contribution in [0.25, 0.3) is 10.9 Å². The van der Waals surface area contributed by atoms with Crippen LogP contribution in [0, 0.1) is 0 Å². The van der Waals surface area contributed by atoms with Gasteiger partial charge in [0.05, 0.1) is 27.7 Å². The number of aromatic nitrogens is 2. The highest BCUT2D eigenvalue weighted by Crippen LogP contribution is 2.19. The van der Waals surface area contributed by atoms with Gasteiger partial charge in [-0.3, -0.25) is 9.59 Å². The summed E-state index contributed by atoms with van der Waals surface area (Å²) < 4.78 is 5.31. The second-order valence-electron chi connectivity index (χ2n) is 6.26. The molecule has 30 heavy (non-hydrogen) atoms. The summed E-state index contributed by atoms with van der Waals surface area (Å²) in [4.78, 5) is 44.0. The third kappa shape index (κ3) is 4.24. The molecule has 0 aliphatic carbocycles. The van der Waals surface area contributed by atoms with Crippen molar-refractivity contribution < 1.29 is 14.3 Å². The average Bonchev–Trinajstić information content (AvgIpc) is 3.27. The second-order valence-corrected chi connectivity index (χ2v) is 7.48. The number of rotatable bonds is 5. The summed E-state index contributed by atoms with van der Waals surface area (Å²) in [6.07, 6.45) is 0. The van der Waals surface area contributed by atoms with Crippen LogP contribution in [0.1, 0.15) is 26.5 Å². The molecule has 0 bridgehead atoms. The van der Waals surface area contributed by atoms with Crippen molar-refractivity contribution >= 4 is 51.4 Å². The summed E-state index contributed by atoms with van der Waals surface area (Å²) in [5.41, 5.74) is 1.06. The molecule has 0 radical (unpaired) electrons. The van der Waals surface area contributed by atoms with Gasteiger partial charge in [-0.15, -0.1) is 0 Å². The fourth-order valence-electron chi connectivity index (χ4n) is 2.80. The van der Waals surface area contributed by atoms with E-state index < -0.39 is 5.97 Å². The molecule has 0 aliphatic rings. The largest absolute Gasteiger partial charge is 0.454 e. The van der Waals surface area contributed by atoms with Crippen molar-refractivity contribution in [3.8, 4) is 0 Å². The Morgan fingerprint density at radius 1 is 1.17 bits per heavy atom. The van der Waals surface area contributed by atoms with Gasteiger partial charge in [-0.1, -0.05) is 23.7 Å². The molecular weight excluding hydrogens is 426 g/mol. The predicted octanol–water partition coefficient (Wildman–Crippen LogP) is 4.25. The smallest absolute Gasteiger partial charge is 0.340 e. The minimum absolute atomic E-state index is 0.183. The van der Waals surface area contributed by atoms with E-state index in [0.717, 1.165) is 0 Å². The van der Waals surface area contributed by atoms with Crippen LogP contribution in [0.4, 0.5) is 5.69 Å². The number of anilines is 1. The second kappa shape index (κ2) is 8.48. The number of fused-ring (bicyclic) bond motifs is 1. The predicted molar refractivity (Wildman–Crippen MR) is 115 cm³/mol. The molecule has 1 amide bonds. The van der Waals surface area contributed by atoms with Gasteiger partial charge in [0, 0.05) is 10.4 Å². The zero-order valence-electron chi connectivity index (χ0n) is 15.3. The molecule has 2 aromatic carbocycles. The third-order valence-electron chi connectivity index (χ3n) is 4.24. The maximum atomic E-state index is 12.6. The van der Waals surface area contributed by atoms with Crippen molar-refractivity contribution in [3.05, 3.63) is 91.6 Å². The number of thiophene rings is 1. The number of hydrogen-bond donors (Lipinski definition) is 2. The molecular formula is C21H14ClN3O4S. The van der Waals surface area contributed by atoms with E-state index in [1.165, 1.54) is 11.3 Å². The number of aromatic amines is 1. The summed E-state index contributed by atoms with van der Waals surface area (Å²) in [5, 5.41) is 7.04. The van der Waals surface area contributed by atoms with Gasteiger partial charge in [-0.05, 0) is 41.8 Å². The molecule has 2 heterocycles. The van der Waals surface area contributed by atoms with Crippen LogP contribution >= 0.6 is 22.9 Å². The summed E-state index contributed by atoms with van der Waals surface area (Å²) in [6.45, 7) is -0.247. The number of nitrogens with zero attached hydrogens (tertiary/aromatic N) is 1. The first-order valence-corrected chi connectivity index (χ1v) is 10.1. The minimum Gasteiger partial charge on any atom is -0.454 e. The fourth-order valence-corrected chi connectivity index (χ4v) is 3.60. The molecule has 0 unspecified atom stereocenters. The number of hydrogen-bond acceptors (Lipinski definition) is 6. The fraction of sp³-hybridized carbons (Fsp3) is 0.0476. The van der Waals surface area contributed by atoms with Crippen LogP contribution in [0.2, 0.25) is 5.02 Å². The molecule has 150 valence electrons. The number of carbonyl (C=O) groups excluding carboxylic acids is 2. The van der Waals surface area contributed by atoms with Gasteiger partial charge in [0.1, 0.15) is 12.4 Å². The molecule has 4 aromatic rings. The van der Waals surface area contributed by atoms with E-state index in [0.29, 0.717) is 27.2 Å². The normalized spacial score (nSPS) is 10.7. The van der Waals surface area contributed by atoms with Gasteiger partial charge >= 0.3 is 5.97 Å². The van der Waals surface area contributed by atoms with Crippen molar-refractivity contribution in [3.63, 3.8) is 0 Å². The Morgan fingerprint density at radius 3 is 2.80 bits per heavy atom. The monoisotopic (exact) mass is 439 g/mol. The van der Waals surface area contributed by atoms with Crippen LogP contribution in [0.3, 0.4) is 0 Å². The summed E-state index contributed by atoms with van der Waals surface area (Å²) in [5.74, 6) is -0.804. The molecule has 2 aromatic heterocycles. The highest BCUT2D eigenvalue weighted by Gasteiger charge is 2.16. The van der Waals surface area contributed by atoms with Crippen LogP contribution in [0.15, 0.2) is 64.1 Å². The molecule has 0 aliphatic heterocycles. The lowest BCUT2D eigenvalue weighted by Crippen LogP contribution is -2.17. The van der Waals surface area contributed by atoms with E-state index >= 15 is 0 Å². The van der Waals surface area contributed by atoms with Gasteiger partial charge in [-0.25, -0.2) is 9.78 Å². The molecule has 0 atom stereocenters. The van der Waals surface area contributed by atoms with Gasteiger partial charge in [0.25, 0.3) is 11.5 Å². The van der Waals surface area contributed by atoms with Crippen molar-refractivity contribution in [2.75, 3.05) is 5.32 Å². The van der Waals surface area contributed by atoms with E-state index in [4.69, 9.17) is 16.3 Å². The Balaban J connectivity index is 1.52. The maximum Gasteiger partial charge on any atom is 0.340 e. The van der Waals surface area contributed by atoms with Crippen molar-refractivity contribution in [1.82, 2.24) is 9.97 Å². The van der Waals surface area contributed by atoms with Crippen LogP contribution in [0.5, 0.6) is 0 Å². The first-order chi connectivity index (χ1) is 14.5. The third-order valence-corrected chi connectivity index (χ3v) is 5.15. The Bertz CT molecular complexity index is 1300. The first kappa shape index (κ1) is 19.8. The van der Waals surface area contributed by atoms with E-state index in [2.05, 4.69) is 15.3 Å². The van der Waals surface area contributed by atoms with Crippen molar-refractivity contribution in [2.45, 2.75) is 6.61 Å². The zero-order chi connectivity index (χ0) is 21.1. The quantitative estimate of drug-likeness (QED) is 0.453. The number of halogens is 1. The van der Waals surface area contributed by atoms with Crippen molar-refractivity contribution in [1.29, 1.82) is 0 Å². The summed E-state index contributed by atoms with van der Waals surface area (Å²) >= 11 is 7.36. The minimum atomic E-state index is -0.662. The topological polar surface area (TPSA) is 101 Å². The van der Waals surface area contributed by atoms with Crippen LogP contribution < -0.4 is 10.9 Å². The van der Waals surface area contributed by atoms with Gasteiger partial charge < -0.3 is 15.0 Å². The lowest BCUT2D eigenvalue weighted by atomic mass is 10.1. The number of esters is 1. The standard InChI is InChI=1S/C21H14ClN3O4S/c22-13-5-6-14-17(9-13)23-18(25-20(14)27)10-29-21(28)15-3-1-2-4-16(15)24-19(26)12-7-8-30-11-12/h1-9,11H,10H2,(H,24,26)(H,23,25,27). The molecule has 2 N–H and O–H groups in total. The SMILES string of the molecule is O=C(Nc1ccccc1C(=O)OCc1nc2cc(Cl)ccc2c(=O)[nH]1)c1ccsc1. The lowest BCUT2D eigenvalue weighted by Gasteiger charge is -2.10. The van der Waals surface area contributed by atoms with Gasteiger partial charge in [0.2, 0.25) is 0 Å². The number of amides is 1. The van der Waals surface area contributed by atoms with Crippen LogP contribution in [-0.4, -0.2) is 21.8 Å². The lowest BCUT2D eigenvalue weighted by molar-refractivity contribution is 0.0463. The highest BCUT2D eigenvalue weighted by molar-refractivity contribution is 7.08. The summed E-state index contributed by atoms with van der Waals surface area (Å²) in [6, 6.07) is 12.9. The average molecular weight is 440 g/mol. The molecule has 9 heteroatoms. The Hall–Kier alpha value is -3.49. The Labute approximate surface area is 179 Å². The van der Waals surface area contributed by atoms with E-state index in [1.807, 2.05) is 0 Å². The molecule has 0 fully saturated rings. The first-order valence-electron chi connectivity index (χ1n) is 8.79. The summed E-state index contributed by atoms with van der Waals surface area (Å²) in [7, 11) is 0. The molecule has 7 nitrogen and oxygen atoms in total. The number of H-pyrrole nitrogens is 1. The van der Waals surface area contributed by atoms with Gasteiger partial charge in [-0.2, -0.15) is 11.3 Å². The molecule has 4 rings (SSSR count). The number of nitrogens with one attached hydrogen (secondary N) is 2. The van der Waals surface area contributed by atoms with Gasteiger partial charge in [0.15, 0.2) is 0 Å².